The molecule has 0 aliphatic carbocycles. The van der Waals surface area contributed by atoms with Gasteiger partial charge in [0, 0.05) is 17.5 Å². The van der Waals surface area contributed by atoms with E-state index in [0.717, 1.165) is 11.1 Å². The summed E-state index contributed by atoms with van der Waals surface area (Å²) in [6, 6.07) is 20.9. The molecule has 7 heteroatoms. The van der Waals surface area contributed by atoms with Crippen LogP contribution in [0.15, 0.2) is 72.8 Å². The van der Waals surface area contributed by atoms with Gasteiger partial charge >= 0.3 is 6.09 Å². The molecule has 0 unspecified atom stereocenters. The lowest BCUT2D eigenvalue weighted by Crippen LogP contribution is -2.18. The average Bonchev–Trinajstić information content (AvgIpc) is 2.65. The SMILES string of the molecule is O=C(Nc1ccc(Cl)cc1[N+](=O)[O-])Oc1ccccc1Cc1ccccc1. The molecule has 0 radical (unpaired) electrons. The number of nitrogens with zero attached hydrogens (tertiary/aromatic N) is 1. The van der Waals surface area contributed by atoms with Gasteiger partial charge in [-0.1, -0.05) is 60.1 Å². The van der Waals surface area contributed by atoms with Gasteiger partial charge in [-0.25, -0.2) is 4.79 Å². The number of halogens is 1. The Morgan fingerprint density at radius 3 is 2.48 bits per heavy atom. The first-order valence-electron chi connectivity index (χ1n) is 8.07. The van der Waals surface area contributed by atoms with Crippen LogP contribution in [0.25, 0.3) is 0 Å². The first-order chi connectivity index (χ1) is 13.0. The highest BCUT2D eigenvalue weighted by molar-refractivity contribution is 6.31. The number of amides is 1. The number of ether oxygens (including phenoxy) is 1. The second-order valence-electron chi connectivity index (χ2n) is 5.70. The zero-order chi connectivity index (χ0) is 19.2. The van der Waals surface area contributed by atoms with Crippen molar-refractivity contribution in [3.8, 4) is 5.75 Å². The maximum atomic E-state index is 12.3. The molecule has 0 atom stereocenters. The molecule has 0 heterocycles. The fourth-order valence-electron chi connectivity index (χ4n) is 2.56. The van der Waals surface area contributed by atoms with Crippen molar-refractivity contribution < 1.29 is 14.5 Å². The lowest BCUT2D eigenvalue weighted by molar-refractivity contribution is -0.383. The second kappa shape index (κ2) is 8.33. The van der Waals surface area contributed by atoms with Crippen molar-refractivity contribution in [1.82, 2.24) is 0 Å². The van der Waals surface area contributed by atoms with E-state index in [4.69, 9.17) is 16.3 Å². The van der Waals surface area contributed by atoms with Crippen molar-refractivity contribution in [3.63, 3.8) is 0 Å². The molecule has 0 aliphatic rings. The van der Waals surface area contributed by atoms with Crippen LogP contribution in [-0.2, 0) is 6.42 Å². The quantitative estimate of drug-likeness (QED) is 0.470. The molecule has 3 aromatic carbocycles. The fraction of sp³-hybridized carbons (Fsp3) is 0.0500. The number of rotatable bonds is 5. The highest BCUT2D eigenvalue weighted by Crippen LogP contribution is 2.28. The van der Waals surface area contributed by atoms with Crippen molar-refractivity contribution in [2.45, 2.75) is 6.42 Å². The number of nitrogens with one attached hydrogen (secondary N) is 1. The Kier molecular flexibility index (Phi) is 5.68. The summed E-state index contributed by atoms with van der Waals surface area (Å²) < 4.78 is 5.38. The summed E-state index contributed by atoms with van der Waals surface area (Å²) in [7, 11) is 0. The number of anilines is 1. The summed E-state index contributed by atoms with van der Waals surface area (Å²) in [5.74, 6) is 0.385. The van der Waals surface area contributed by atoms with Crippen LogP contribution in [-0.4, -0.2) is 11.0 Å². The Morgan fingerprint density at radius 1 is 1.04 bits per heavy atom. The summed E-state index contributed by atoms with van der Waals surface area (Å²) in [5, 5.41) is 13.7. The predicted molar refractivity (Wildman–Crippen MR) is 103 cm³/mol. The number of hydrogen-bond acceptors (Lipinski definition) is 4. The molecule has 1 amide bonds. The molecular weight excluding hydrogens is 368 g/mol. The fourth-order valence-corrected chi connectivity index (χ4v) is 2.73. The number of carbonyl (C=O) groups is 1. The first-order valence-corrected chi connectivity index (χ1v) is 8.45. The minimum Gasteiger partial charge on any atom is -0.410 e. The third-order valence-electron chi connectivity index (χ3n) is 3.81. The molecule has 3 aromatic rings. The van der Waals surface area contributed by atoms with E-state index in [0.29, 0.717) is 12.2 Å². The zero-order valence-corrected chi connectivity index (χ0v) is 14.8. The highest BCUT2D eigenvalue weighted by atomic mass is 35.5. The maximum absolute atomic E-state index is 12.3. The normalized spacial score (nSPS) is 10.3. The van der Waals surface area contributed by atoms with E-state index in [1.807, 2.05) is 42.5 Å². The van der Waals surface area contributed by atoms with Gasteiger partial charge in [-0.3, -0.25) is 15.4 Å². The monoisotopic (exact) mass is 382 g/mol. The van der Waals surface area contributed by atoms with E-state index >= 15 is 0 Å². The number of hydrogen-bond donors (Lipinski definition) is 1. The number of para-hydroxylation sites is 1. The van der Waals surface area contributed by atoms with Crippen molar-refractivity contribution >= 4 is 29.1 Å². The van der Waals surface area contributed by atoms with Crippen LogP contribution in [0.3, 0.4) is 0 Å². The van der Waals surface area contributed by atoms with Gasteiger partial charge in [-0.15, -0.1) is 0 Å². The van der Waals surface area contributed by atoms with Gasteiger partial charge < -0.3 is 4.74 Å². The largest absolute Gasteiger partial charge is 0.417 e. The third-order valence-corrected chi connectivity index (χ3v) is 4.04. The summed E-state index contributed by atoms with van der Waals surface area (Å²) in [4.78, 5) is 22.8. The maximum Gasteiger partial charge on any atom is 0.417 e. The lowest BCUT2D eigenvalue weighted by atomic mass is 10.0. The molecule has 27 heavy (non-hydrogen) atoms. The summed E-state index contributed by atoms with van der Waals surface area (Å²) in [6.45, 7) is 0. The Hall–Kier alpha value is -3.38. The molecule has 6 nitrogen and oxygen atoms in total. The molecule has 0 fully saturated rings. The number of benzene rings is 3. The van der Waals surface area contributed by atoms with Crippen LogP contribution in [0.4, 0.5) is 16.2 Å². The number of nitro benzene ring substituents is 1. The van der Waals surface area contributed by atoms with Gasteiger partial charge in [0.2, 0.25) is 0 Å². The molecule has 0 aromatic heterocycles. The minimum atomic E-state index is -0.819. The molecule has 0 spiro atoms. The Balaban J connectivity index is 1.77. The molecule has 1 N–H and O–H groups in total. The van der Waals surface area contributed by atoms with Gasteiger partial charge in [0.1, 0.15) is 11.4 Å². The van der Waals surface area contributed by atoms with Crippen LogP contribution in [0, 0.1) is 10.1 Å². The Bertz CT molecular complexity index is 977. The first kappa shape index (κ1) is 18.4. The summed E-state index contributed by atoms with van der Waals surface area (Å²) in [5.41, 5.74) is 1.60. The van der Waals surface area contributed by atoms with E-state index in [1.165, 1.54) is 18.2 Å². The van der Waals surface area contributed by atoms with E-state index in [1.54, 1.807) is 12.1 Å². The zero-order valence-electron chi connectivity index (χ0n) is 14.1. The van der Waals surface area contributed by atoms with Crippen molar-refractivity contribution in [2.24, 2.45) is 0 Å². The third kappa shape index (κ3) is 4.83. The molecule has 3 rings (SSSR count). The van der Waals surface area contributed by atoms with Gasteiger partial charge in [0.25, 0.3) is 5.69 Å². The van der Waals surface area contributed by atoms with E-state index < -0.39 is 11.0 Å². The van der Waals surface area contributed by atoms with E-state index in [2.05, 4.69) is 5.32 Å². The molecule has 0 bridgehead atoms. The molecule has 0 saturated carbocycles. The highest BCUT2D eigenvalue weighted by Gasteiger charge is 2.18. The van der Waals surface area contributed by atoms with Crippen molar-refractivity contribution in [3.05, 3.63) is 99.1 Å². The molecular formula is C20H15ClN2O4. The van der Waals surface area contributed by atoms with Crippen LogP contribution < -0.4 is 10.1 Å². The van der Waals surface area contributed by atoms with Gasteiger partial charge in [-0.2, -0.15) is 0 Å². The van der Waals surface area contributed by atoms with Gasteiger partial charge in [-0.05, 0) is 29.3 Å². The number of carbonyl (C=O) groups excluding carboxylic acids is 1. The summed E-state index contributed by atoms with van der Waals surface area (Å²) >= 11 is 5.78. The minimum absolute atomic E-state index is 0.00920. The smallest absolute Gasteiger partial charge is 0.410 e. The second-order valence-corrected chi connectivity index (χ2v) is 6.14. The van der Waals surface area contributed by atoms with Crippen LogP contribution >= 0.6 is 11.6 Å². The number of nitro groups is 1. The molecule has 0 aliphatic heterocycles. The standard InChI is InChI=1S/C20H15ClN2O4/c21-16-10-11-17(18(13-16)23(25)26)22-20(24)27-19-9-5-4-8-15(19)12-14-6-2-1-3-7-14/h1-11,13H,12H2,(H,22,24). The topological polar surface area (TPSA) is 81.5 Å². The lowest BCUT2D eigenvalue weighted by Gasteiger charge is -2.11. The van der Waals surface area contributed by atoms with Gasteiger partial charge in [0.15, 0.2) is 0 Å². The van der Waals surface area contributed by atoms with Gasteiger partial charge in [0.05, 0.1) is 4.92 Å². The van der Waals surface area contributed by atoms with Crippen LogP contribution in [0.1, 0.15) is 11.1 Å². The van der Waals surface area contributed by atoms with Crippen molar-refractivity contribution in [2.75, 3.05) is 5.32 Å². The Morgan fingerprint density at radius 2 is 1.74 bits per heavy atom. The molecule has 136 valence electrons. The average molecular weight is 383 g/mol. The summed E-state index contributed by atoms with van der Waals surface area (Å²) in [6.07, 6.45) is -0.230. The van der Waals surface area contributed by atoms with Crippen LogP contribution in [0.2, 0.25) is 5.02 Å². The Labute approximate surface area is 160 Å². The predicted octanol–water partition coefficient (Wildman–Crippen LogP) is 5.45. The van der Waals surface area contributed by atoms with Crippen LogP contribution in [0.5, 0.6) is 5.75 Å². The molecule has 0 saturated heterocycles. The van der Waals surface area contributed by atoms with Crippen molar-refractivity contribution in [1.29, 1.82) is 0 Å². The van der Waals surface area contributed by atoms with E-state index in [-0.39, 0.29) is 16.4 Å². The van der Waals surface area contributed by atoms with E-state index in [9.17, 15) is 14.9 Å².